The first kappa shape index (κ1) is 15.5. The van der Waals surface area contributed by atoms with Gasteiger partial charge in [0.05, 0.1) is 5.39 Å². The van der Waals surface area contributed by atoms with Crippen LogP contribution in [-0.4, -0.2) is 10.2 Å². The van der Waals surface area contributed by atoms with Crippen molar-refractivity contribution >= 4 is 75.4 Å². The fraction of sp³-hybridized carbons (Fsp3) is 0.0345. The summed E-state index contributed by atoms with van der Waals surface area (Å²) >= 11 is 0. The van der Waals surface area contributed by atoms with E-state index in [4.69, 9.17) is 4.74 Å². The maximum Gasteiger partial charge on any atom is 0.128 e. The van der Waals surface area contributed by atoms with Gasteiger partial charge in [0.25, 0.3) is 0 Å². The molecule has 0 aromatic heterocycles. The molecule has 0 saturated heterocycles. The third kappa shape index (κ3) is 1.44. The second-order valence-corrected chi connectivity index (χ2v) is 9.14. The molecule has 0 radical (unpaired) electrons. The maximum absolute atomic E-state index is 11.0. The van der Waals surface area contributed by atoms with Crippen molar-refractivity contribution in [2.75, 3.05) is 0 Å². The number of phenolic OH excluding ortho intramolecular Hbond substituents is 2. The summed E-state index contributed by atoms with van der Waals surface area (Å²) < 4.78 is 6.26. The Balaban J connectivity index is 1.84. The van der Waals surface area contributed by atoms with Gasteiger partial charge in [-0.05, 0) is 72.2 Å². The van der Waals surface area contributed by atoms with Gasteiger partial charge in [0.1, 0.15) is 23.9 Å². The molecule has 3 heteroatoms. The van der Waals surface area contributed by atoms with Gasteiger partial charge in [-0.25, -0.2) is 0 Å². The van der Waals surface area contributed by atoms with Gasteiger partial charge in [0.2, 0.25) is 0 Å². The molecular formula is C29H14O3. The van der Waals surface area contributed by atoms with E-state index in [0.717, 1.165) is 38.1 Å². The molecule has 8 aromatic carbocycles. The summed E-state index contributed by atoms with van der Waals surface area (Å²) in [7, 11) is 0. The van der Waals surface area contributed by atoms with Gasteiger partial charge in [-0.1, -0.05) is 42.5 Å². The number of phenols is 2. The minimum absolute atomic E-state index is 0.100. The van der Waals surface area contributed by atoms with E-state index in [1.807, 2.05) is 0 Å². The molecule has 1 heterocycles. The lowest BCUT2D eigenvalue weighted by Crippen LogP contribution is -2.05. The van der Waals surface area contributed by atoms with Crippen LogP contribution in [-0.2, 0) is 6.61 Å². The first-order valence-corrected chi connectivity index (χ1v) is 10.8. The summed E-state index contributed by atoms with van der Waals surface area (Å²) in [5.41, 5.74) is 1.20. The van der Waals surface area contributed by atoms with Crippen molar-refractivity contribution in [3.8, 4) is 17.2 Å². The summed E-state index contributed by atoms with van der Waals surface area (Å²) in [4.78, 5) is 0. The van der Waals surface area contributed by atoms with Crippen LogP contribution in [0.2, 0.25) is 0 Å². The van der Waals surface area contributed by atoms with E-state index in [1.54, 1.807) is 12.1 Å². The quantitative estimate of drug-likeness (QED) is 0.203. The Morgan fingerprint density at radius 2 is 1.22 bits per heavy atom. The second kappa shape index (κ2) is 4.66. The third-order valence-corrected chi connectivity index (χ3v) is 7.71. The lowest BCUT2D eigenvalue weighted by atomic mass is 9.79. The highest BCUT2D eigenvalue weighted by Crippen LogP contribution is 2.56. The largest absolute Gasteiger partial charge is 0.507 e. The highest BCUT2D eigenvalue weighted by atomic mass is 16.5. The molecule has 8 aromatic rings. The number of aromatic hydroxyl groups is 2. The molecule has 32 heavy (non-hydrogen) atoms. The number of hydrogen-bond acceptors (Lipinski definition) is 3. The molecule has 148 valence electrons. The zero-order chi connectivity index (χ0) is 20.9. The standard InChI is InChI=1S/C29H14O3/c30-18-8-13-5-4-12-6-7-17-16-3-1-2-14-11-32-20-10-15-9-19(31)26(18)28-23(13)22(12)25(17)29(24(15)28)27(20)21(14)16/h1-10,30-31H,11H2. The van der Waals surface area contributed by atoms with Gasteiger partial charge in [0.15, 0.2) is 0 Å². The van der Waals surface area contributed by atoms with Crippen molar-refractivity contribution in [2.45, 2.75) is 6.61 Å². The Morgan fingerprint density at radius 3 is 2.12 bits per heavy atom. The van der Waals surface area contributed by atoms with Crippen molar-refractivity contribution in [3.63, 3.8) is 0 Å². The maximum atomic E-state index is 11.0. The van der Waals surface area contributed by atoms with Gasteiger partial charge in [-0.3, -0.25) is 0 Å². The summed E-state index contributed by atoms with van der Waals surface area (Å²) in [6, 6.07) is 20.8. The molecule has 0 saturated carbocycles. The predicted molar refractivity (Wildman–Crippen MR) is 130 cm³/mol. The van der Waals surface area contributed by atoms with Gasteiger partial charge in [-0.2, -0.15) is 0 Å². The first-order chi connectivity index (χ1) is 15.7. The zero-order valence-corrected chi connectivity index (χ0v) is 16.8. The highest BCUT2D eigenvalue weighted by Gasteiger charge is 2.28. The summed E-state index contributed by atoms with van der Waals surface area (Å²) in [5, 5.41) is 37.2. The van der Waals surface area contributed by atoms with E-state index in [1.165, 1.54) is 43.3 Å². The summed E-state index contributed by atoms with van der Waals surface area (Å²) in [5.74, 6) is 1.08. The topological polar surface area (TPSA) is 49.7 Å². The van der Waals surface area contributed by atoms with Crippen LogP contribution < -0.4 is 4.74 Å². The summed E-state index contributed by atoms with van der Waals surface area (Å²) in [6.07, 6.45) is 0. The SMILES string of the molecule is Oc1cc2ccc3ccc4c5cccc6c5c5c(cc7cc(O)c1c1c2c3c4c5c71)OC6. The van der Waals surface area contributed by atoms with E-state index in [-0.39, 0.29) is 11.5 Å². The Morgan fingerprint density at radius 1 is 0.531 bits per heavy atom. The van der Waals surface area contributed by atoms with Gasteiger partial charge < -0.3 is 14.9 Å². The molecule has 0 unspecified atom stereocenters. The van der Waals surface area contributed by atoms with E-state index >= 15 is 0 Å². The molecule has 0 fully saturated rings. The van der Waals surface area contributed by atoms with Crippen molar-refractivity contribution in [1.29, 1.82) is 0 Å². The Hall–Kier alpha value is -4.24. The Labute approximate surface area is 180 Å². The average Bonchev–Trinajstić information content (AvgIpc) is 2.81. The lowest BCUT2D eigenvalue weighted by molar-refractivity contribution is 0.309. The fourth-order valence-electron chi connectivity index (χ4n) is 6.58. The minimum Gasteiger partial charge on any atom is -0.507 e. The highest BCUT2D eigenvalue weighted by molar-refractivity contribution is 6.49. The van der Waals surface area contributed by atoms with Crippen LogP contribution in [0.5, 0.6) is 17.2 Å². The summed E-state index contributed by atoms with van der Waals surface area (Å²) in [6.45, 7) is 0.542. The van der Waals surface area contributed by atoms with Crippen LogP contribution in [0.15, 0.2) is 60.7 Å². The van der Waals surface area contributed by atoms with E-state index in [0.29, 0.717) is 12.0 Å². The second-order valence-electron chi connectivity index (χ2n) is 9.14. The lowest BCUT2D eigenvalue weighted by Gasteiger charge is -2.27. The van der Waals surface area contributed by atoms with Crippen molar-refractivity contribution < 1.29 is 14.9 Å². The van der Waals surface area contributed by atoms with Crippen molar-refractivity contribution in [3.05, 3.63) is 66.2 Å². The van der Waals surface area contributed by atoms with Crippen molar-refractivity contribution in [1.82, 2.24) is 0 Å². The molecule has 0 amide bonds. The van der Waals surface area contributed by atoms with Gasteiger partial charge in [-0.15, -0.1) is 0 Å². The van der Waals surface area contributed by atoms with Gasteiger partial charge >= 0.3 is 0 Å². The fourth-order valence-corrected chi connectivity index (χ4v) is 6.58. The molecule has 1 aliphatic rings. The molecule has 0 atom stereocenters. The zero-order valence-electron chi connectivity index (χ0n) is 16.8. The van der Waals surface area contributed by atoms with Crippen LogP contribution >= 0.6 is 0 Å². The molecule has 3 nitrogen and oxygen atoms in total. The van der Waals surface area contributed by atoms with Crippen molar-refractivity contribution in [2.24, 2.45) is 0 Å². The molecule has 0 aliphatic carbocycles. The molecule has 1 aliphatic heterocycles. The monoisotopic (exact) mass is 410 g/mol. The van der Waals surface area contributed by atoms with E-state index < -0.39 is 0 Å². The number of hydrogen-bond donors (Lipinski definition) is 2. The smallest absolute Gasteiger partial charge is 0.128 e. The Kier molecular flexibility index (Phi) is 2.26. The molecule has 2 N–H and O–H groups in total. The Bertz CT molecular complexity index is 2100. The third-order valence-electron chi connectivity index (χ3n) is 7.71. The predicted octanol–water partition coefficient (Wildman–Crippen LogP) is 7.38. The van der Waals surface area contributed by atoms with Crippen LogP contribution in [0.3, 0.4) is 0 Å². The van der Waals surface area contributed by atoms with Crippen LogP contribution in [0.1, 0.15) is 5.56 Å². The molecule has 0 bridgehead atoms. The van der Waals surface area contributed by atoms with Crippen LogP contribution in [0.25, 0.3) is 75.4 Å². The van der Waals surface area contributed by atoms with E-state index in [9.17, 15) is 10.2 Å². The average molecular weight is 410 g/mol. The first-order valence-electron chi connectivity index (χ1n) is 10.8. The number of fused-ring (bicyclic) bond motifs is 1. The number of benzene rings is 8. The van der Waals surface area contributed by atoms with E-state index in [2.05, 4.69) is 48.5 Å². The normalized spacial score (nSPS) is 14.0. The molecule has 0 spiro atoms. The minimum atomic E-state index is 0.100. The molecular weight excluding hydrogens is 396 g/mol. The van der Waals surface area contributed by atoms with Crippen LogP contribution in [0.4, 0.5) is 0 Å². The number of rotatable bonds is 0. The number of ether oxygens (including phenoxy) is 1. The molecule has 9 rings (SSSR count). The van der Waals surface area contributed by atoms with Gasteiger partial charge in [0, 0.05) is 21.5 Å². The van der Waals surface area contributed by atoms with Crippen LogP contribution in [0, 0.1) is 0 Å².